The van der Waals surface area contributed by atoms with Crippen molar-refractivity contribution in [2.45, 2.75) is 18.4 Å². The van der Waals surface area contributed by atoms with Gasteiger partial charge in [0.1, 0.15) is 5.82 Å². The van der Waals surface area contributed by atoms with E-state index in [9.17, 15) is 9.90 Å². The lowest BCUT2D eigenvalue weighted by Gasteiger charge is -2.32. The number of hydrogen-bond acceptors (Lipinski definition) is 4. The van der Waals surface area contributed by atoms with Crippen LogP contribution in [0.25, 0.3) is 10.8 Å². The number of aromatic nitrogens is 1. The molecule has 0 amide bonds. The Morgan fingerprint density at radius 2 is 2.05 bits per heavy atom. The standard InChI is InChI=1S/C15H18N2O3/c18-14-12-4-2-1-3-11(12)9-13(17-14)16-10-15(19)5-7-20-8-6-15/h1-4,9,19H,5-8,10H2,(H2,16,17,18). The third kappa shape index (κ3) is 2.69. The quantitative estimate of drug-likeness (QED) is 0.792. The van der Waals surface area contributed by atoms with Crippen LogP contribution >= 0.6 is 0 Å². The maximum absolute atomic E-state index is 12.0. The Balaban J connectivity index is 1.79. The third-order valence-electron chi connectivity index (χ3n) is 3.78. The van der Waals surface area contributed by atoms with Crippen molar-refractivity contribution in [3.05, 3.63) is 40.7 Å². The minimum Gasteiger partial charge on any atom is -0.388 e. The highest BCUT2D eigenvalue weighted by Crippen LogP contribution is 2.21. The minimum atomic E-state index is -0.763. The minimum absolute atomic E-state index is 0.121. The summed E-state index contributed by atoms with van der Waals surface area (Å²) in [4.78, 5) is 14.8. The van der Waals surface area contributed by atoms with Gasteiger partial charge in [-0.2, -0.15) is 0 Å². The van der Waals surface area contributed by atoms with E-state index in [1.54, 1.807) is 6.07 Å². The molecule has 3 N–H and O–H groups in total. The molecule has 2 aromatic rings. The third-order valence-corrected chi connectivity index (χ3v) is 3.78. The maximum atomic E-state index is 12.0. The van der Waals surface area contributed by atoms with Gasteiger partial charge in [0.15, 0.2) is 0 Å². The van der Waals surface area contributed by atoms with Crippen LogP contribution in [-0.2, 0) is 4.74 Å². The molecule has 0 atom stereocenters. The zero-order chi connectivity index (χ0) is 14.0. The largest absolute Gasteiger partial charge is 0.388 e. The molecule has 0 aliphatic carbocycles. The first-order valence-corrected chi connectivity index (χ1v) is 6.82. The first-order valence-electron chi connectivity index (χ1n) is 6.82. The molecule has 5 nitrogen and oxygen atoms in total. The molecule has 1 aromatic heterocycles. The molecular weight excluding hydrogens is 256 g/mol. The Morgan fingerprint density at radius 3 is 2.85 bits per heavy atom. The number of H-pyrrole nitrogens is 1. The van der Waals surface area contributed by atoms with Crippen molar-refractivity contribution in [3.63, 3.8) is 0 Å². The number of fused-ring (bicyclic) bond motifs is 1. The number of hydrogen-bond donors (Lipinski definition) is 3. The fraction of sp³-hybridized carbons (Fsp3) is 0.400. The zero-order valence-corrected chi connectivity index (χ0v) is 11.2. The Morgan fingerprint density at radius 1 is 1.30 bits per heavy atom. The maximum Gasteiger partial charge on any atom is 0.257 e. The number of nitrogens with one attached hydrogen (secondary N) is 2. The number of ether oxygens (including phenoxy) is 1. The summed E-state index contributed by atoms with van der Waals surface area (Å²) in [5.74, 6) is 0.633. The summed E-state index contributed by atoms with van der Waals surface area (Å²) in [6, 6.07) is 9.33. The van der Waals surface area contributed by atoms with Crippen molar-refractivity contribution >= 4 is 16.6 Å². The van der Waals surface area contributed by atoms with E-state index in [1.807, 2.05) is 24.3 Å². The number of aliphatic hydroxyl groups is 1. The Kier molecular flexibility index (Phi) is 3.46. The van der Waals surface area contributed by atoms with Crippen LogP contribution in [0.15, 0.2) is 35.1 Å². The van der Waals surface area contributed by atoms with Gasteiger partial charge in [0.25, 0.3) is 5.56 Å². The summed E-state index contributed by atoms with van der Waals surface area (Å²) in [6.07, 6.45) is 1.22. The van der Waals surface area contributed by atoms with Crippen molar-refractivity contribution < 1.29 is 9.84 Å². The van der Waals surface area contributed by atoms with Gasteiger partial charge in [0.2, 0.25) is 0 Å². The first kappa shape index (κ1) is 13.1. The van der Waals surface area contributed by atoms with Gasteiger partial charge in [0.05, 0.1) is 5.60 Å². The molecule has 1 aromatic carbocycles. The van der Waals surface area contributed by atoms with Gasteiger partial charge >= 0.3 is 0 Å². The monoisotopic (exact) mass is 274 g/mol. The molecular formula is C15H18N2O3. The van der Waals surface area contributed by atoms with Crippen LogP contribution in [0.4, 0.5) is 5.82 Å². The summed E-state index contributed by atoms with van der Waals surface area (Å²) >= 11 is 0. The summed E-state index contributed by atoms with van der Waals surface area (Å²) in [5.41, 5.74) is -0.884. The second-order valence-electron chi connectivity index (χ2n) is 5.29. The first-order chi connectivity index (χ1) is 9.66. The lowest BCUT2D eigenvalue weighted by Crippen LogP contribution is -2.42. The molecule has 0 radical (unpaired) electrons. The summed E-state index contributed by atoms with van der Waals surface area (Å²) in [7, 11) is 0. The van der Waals surface area contributed by atoms with Crippen LogP contribution in [0.5, 0.6) is 0 Å². The predicted octanol–water partition coefficient (Wildman–Crippen LogP) is 1.48. The van der Waals surface area contributed by atoms with Crippen molar-refractivity contribution in [1.29, 1.82) is 0 Å². The van der Waals surface area contributed by atoms with Gasteiger partial charge in [0, 0.05) is 38.0 Å². The number of anilines is 1. The fourth-order valence-corrected chi connectivity index (χ4v) is 2.49. The number of aromatic amines is 1. The molecule has 1 fully saturated rings. The van der Waals surface area contributed by atoms with Gasteiger partial charge in [-0.15, -0.1) is 0 Å². The molecule has 0 unspecified atom stereocenters. The van der Waals surface area contributed by atoms with E-state index < -0.39 is 5.60 Å². The molecule has 106 valence electrons. The molecule has 0 saturated carbocycles. The van der Waals surface area contributed by atoms with Crippen molar-refractivity contribution in [2.75, 3.05) is 25.1 Å². The van der Waals surface area contributed by atoms with Crippen molar-refractivity contribution in [2.24, 2.45) is 0 Å². The molecule has 3 rings (SSSR count). The number of pyridine rings is 1. The second-order valence-corrected chi connectivity index (χ2v) is 5.29. The average Bonchev–Trinajstić information content (AvgIpc) is 2.46. The van der Waals surface area contributed by atoms with Crippen LogP contribution in [0.1, 0.15) is 12.8 Å². The molecule has 0 spiro atoms. The molecule has 1 aliphatic rings. The lowest BCUT2D eigenvalue weighted by molar-refractivity contribution is -0.0543. The van der Waals surface area contributed by atoms with E-state index in [-0.39, 0.29) is 5.56 Å². The Hall–Kier alpha value is -1.85. The molecule has 20 heavy (non-hydrogen) atoms. The van der Waals surface area contributed by atoms with Crippen molar-refractivity contribution in [1.82, 2.24) is 4.98 Å². The van der Waals surface area contributed by atoms with Gasteiger partial charge in [-0.05, 0) is 17.5 Å². The highest BCUT2D eigenvalue weighted by Gasteiger charge is 2.29. The number of benzene rings is 1. The molecule has 5 heteroatoms. The summed E-state index contributed by atoms with van der Waals surface area (Å²) in [5, 5.41) is 15.1. The van der Waals surface area contributed by atoms with Crippen LogP contribution in [-0.4, -0.2) is 35.5 Å². The van der Waals surface area contributed by atoms with Crippen LogP contribution in [0.3, 0.4) is 0 Å². The molecule has 1 aliphatic heterocycles. The van der Waals surface area contributed by atoms with Gasteiger partial charge in [-0.25, -0.2) is 0 Å². The van der Waals surface area contributed by atoms with Crippen LogP contribution in [0, 0.1) is 0 Å². The normalized spacial score (nSPS) is 18.1. The highest BCUT2D eigenvalue weighted by atomic mass is 16.5. The lowest BCUT2D eigenvalue weighted by atomic mass is 9.94. The van der Waals surface area contributed by atoms with Crippen LogP contribution < -0.4 is 10.9 Å². The van der Waals surface area contributed by atoms with E-state index in [2.05, 4.69) is 10.3 Å². The molecule has 2 heterocycles. The molecule has 0 bridgehead atoms. The van der Waals surface area contributed by atoms with Gasteiger partial charge in [-0.3, -0.25) is 4.79 Å². The highest BCUT2D eigenvalue weighted by molar-refractivity contribution is 5.83. The number of rotatable bonds is 3. The summed E-state index contributed by atoms with van der Waals surface area (Å²) in [6.45, 7) is 1.56. The van der Waals surface area contributed by atoms with Gasteiger partial charge < -0.3 is 20.1 Å². The topological polar surface area (TPSA) is 74.4 Å². The van der Waals surface area contributed by atoms with Crippen LogP contribution in [0.2, 0.25) is 0 Å². The Labute approximate surface area is 116 Å². The predicted molar refractivity (Wildman–Crippen MR) is 78.1 cm³/mol. The van der Waals surface area contributed by atoms with E-state index in [1.165, 1.54) is 0 Å². The van der Waals surface area contributed by atoms with E-state index in [0.717, 1.165) is 5.39 Å². The zero-order valence-electron chi connectivity index (χ0n) is 11.2. The van der Waals surface area contributed by atoms with Crippen molar-refractivity contribution in [3.8, 4) is 0 Å². The SMILES string of the molecule is O=c1[nH]c(NCC2(O)CCOCC2)cc2ccccc12. The second kappa shape index (κ2) is 5.26. The van der Waals surface area contributed by atoms with E-state index in [4.69, 9.17) is 4.74 Å². The molecule has 1 saturated heterocycles. The summed E-state index contributed by atoms with van der Waals surface area (Å²) < 4.78 is 5.25. The Bertz CT molecular complexity index is 659. The van der Waals surface area contributed by atoms with E-state index in [0.29, 0.717) is 43.8 Å². The van der Waals surface area contributed by atoms with E-state index >= 15 is 0 Å². The van der Waals surface area contributed by atoms with Gasteiger partial charge in [-0.1, -0.05) is 18.2 Å². The average molecular weight is 274 g/mol. The smallest absolute Gasteiger partial charge is 0.257 e. The fourth-order valence-electron chi connectivity index (χ4n) is 2.49.